The van der Waals surface area contributed by atoms with E-state index in [9.17, 15) is 15.0 Å². The molecule has 0 fully saturated rings. The first kappa shape index (κ1) is 8.87. The summed E-state index contributed by atoms with van der Waals surface area (Å²) < 4.78 is 4.95. The number of aromatic hydroxyl groups is 2. The second-order valence-electron chi connectivity index (χ2n) is 3.42. The molecule has 74 valence electrons. The van der Waals surface area contributed by atoms with Crippen molar-refractivity contribution in [1.82, 2.24) is 0 Å². The van der Waals surface area contributed by atoms with Gasteiger partial charge in [0.05, 0.1) is 0 Å². The molecule has 0 aliphatic carbocycles. The zero-order valence-electron chi connectivity index (χ0n) is 7.65. The Morgan fingerprint density at radius 2 is 2.14 bits per heavy atom. The molecule has 4 nitrogen and oxygen atoms in total. The van der Waals surface area contributed by atoms with Crippen molar-refractivity contribution in [2.75, 3.05) is 0 Å². The number of phenols is 2. The number of phenolic OH excluding ortho intramolecular Hbond substituents is 2. The Labute approximate surface area is 80.7 Å². The van der Waals surface area contributed by atoms with E-state index in [1.165, 1.54) is 6.07 Å². The quantitative estimate of drug-likeness (QED) is 0.609. The SMILES string of the molecule is CC1Cc2cc(O)cc(O)c2C(=O)O1. The van der Waals surface area contributed by atoms with E-state index < -0.39 is 5.97 Å². The summed E-state index contributed by atoms with van der Waals surface area (Å²) in [5.74, 6) is -0.795. The average Bonchev–Trinajstić information content (AvgIpc) is 1.99. The summed E-state index contributed by atoms with van der Waals surface area (Å²) in [6, 6.07) is 2.61. The minimum absolute atomic E-state index is 0.0387. The lowest BCUT2D eigenvalue weighted by molar-refractivity contribution is 0.0297. The Kier molecular flexibility index (Phi) is 1.84. The van der Waals surface area contributed by atoms with Gasteiger partial charge in [0, 0.05) is 12.5 Å². The lowest BCUT2D eigenvalue weighted by Gasteiger charge is -2.22. The number of rotatable bonds is 0. The monoisotopic (exact) mass is 194 g/mol. The van der Waals surface area contributed by atoms with Gasteiger partial charge in [-0.3, -0.25) is 0 Å². The molecule has 0 radical (unpaired) electrons. The number of hydrogen-bond donors (Lipinski definition) is 2. The summed E-state index contributed by atoms with van der Waals surface area (Å²) in [6.45, 7) is 1.77. The molecule has 1 aromatic carbocycles. The lowest BCUT2D eigenvalue weighted by atomic mass is 9.98. The highest BCUT2D eigenvalue weighted by molar-refractivity contribution is 5.95. The molecule has 1 aliphatic heterocycles. The van der Waals surface area contributed by atoms with Gasteiger partial charge < -0.3 is 14.9 Å². The van der Waals surface area contributed by atoms with Gasteiger partial charge in [-0.15, -0.1) is 0 Å². The number of carbonyl (C=O) groups excluding carboxylic acids is 1. The number of hydrogen-bond acceptors (Lipinski definition) is 4. The summed E-state index contributed by atoms with van der Waals surface area (Å²) >= 11 is 0. The van der Waals surface area contributed by atoms with Crippen molar-refractivity contribution >= 4 is 5.97 Å². The van der Waals surface area contributed by atoms with E-state index >= 15 is 0 Å². The van der Waals surface area contributed by atoms with Crippen molar-refractivity contribution in [1.29, 1.82) is 0 Å². The second-order valence-corrected chi connectivity index (χ2v) is 3.42. The van der Waals surface area contributed by atoms with E-state index in [2.05, 4.69) is 0 Å². The van der Waals surface area contributed by atoms with Crippen LogP contribution < -0.4 is 0 Å². The van der Waals surface area contributed by atoms with Crippen LogP contribution in [0.1, 0.15) is 22.8 Å². The minimum atomic E-state index is -0.531. The number of benzene rings is 1. The molecule has 1 unspecified atom stereocenters. The third kappa shape index (κ3) is 1.28. The molecule has 1 heterocycles. The van der Waals surface area contributed by atoms with E-state index in [0.717, 1.165) is 6.07 Å². The van der Waals surface area contributed by atoms with Crippen molar-refractivity contribution in [2.45, 2.75) is 19.4 Å². The van der Waals surface area contributed by atoms with E-state index in [1.54, 1.807) is 6.92 Å². The molecule has 14 heavy (non-hydrogen) atoms. The molecule has 2 N–H and O–H groups in total. The molecule has 0 aromatic heterocycles. The summed E-state index contributed by atoms with van der Waals surface area (Å²) in [4.78, 5) is 11.4. The first-order chi connectivity index (χ1) is 6.58. The molecule has 0 saturated carbocycles. The van der Waals surface area contributed by atoms with E-state index in [4.69, 9.17) is 4.74 Å². The standard InChI is InChI=1S/C10H10O4/c1-5-2-6-3-7(11)4-8(12)9(6)10(13)14-5/h3-5,11-12H,2H2,1H3. The topological polar surface area (TPSA) is 66.8 Å². The molecule has 2 rings (SSSR count). The minimum Gasteiger partial charge on any atom is -0.508 e. The van der Waals surface area contributed by atoms with Crippen LogP contribution in [-0.4, -0.2) is 22.3 Å². The highest BCUT2D eigenvalue weighted by atomic mass is 16.5. The van der Waals surface area contributed by atoms with Crippen LogP contribution in [0.3, 0.4) is 0 Å². The smallest absolute Gasteiger partial charge is 0.342 e. The number of ether oxygens (including phenoxy) is 1. The molecule has 4 heteroatoms. The fraction of sp³-hybridized carbons (Fsp3) is 0.300. The van der Waals surface area contributed by atoms with Gasteiger partial charge in [0.15, 0.2) is 0 Å². The van der Waals surface area contributed by atoms with Gasteiger partial charge in [0.25, 0.3) is 0 Å². The fourth-order valence-electron chi connectivity index (χ4n) is 1.66. The van der Waals surface area contributed by atoms with Crippen LogP contribution >= 0.6 is 0 Å². The maximum atomic E-state index is 11.4. The fourth-order valence-corrected chi connectivity index (χ4v) is 1.66. The van der Waals surface area contributed by atoms with Crippen LogP contribution in [0.5, 0.6) is 11.5 Å². The Morgan fingerprint density at radius 1 is 1.43 bits per heavy atom. The van der Waals surface area contributed by atoms with Gasteiger partial charge in [-0.25, -0.2) is 4.79 Å². The molecular formula is C10H10O4. The van der Waals surface area contributed by atoms with Gasteiger partial charge in [-0.05, 0) is 18.6 Å². The number of fused-ring (bicyclic) bond motifs is 1. The number of carbonyl (C=O) groups is 1. The van der Waals surface area contributed by atoms with Gasteiger partial charge >= 0.3 is 5.97 Å². The van der Waals surface area contributed by atoms with Crippen molar-refractivity contribution in [2.24, 2.45) is 0 Å². The van der Waals surface area contributed by atoms with Crippen molar-refractivity contribution < 1.29 is 19.7 Å². The normalized spacial score (nSPS) is 20.1. The van der Waals surface area contributed by atoms with Crippen molar-refractivity contribution in [3.8, 4) is 11.5 Å². The van der Waals surface area contributed by atoms with Crippen LogP contribution in [0.4, 0.5) is 0 Å². The predicted octanol–water partition coefficient (Wildman–Crippen LogP) is 1.20. The highest BCUT2D eigenvalue weighted by Gasteiger charge is 2.27. The molecule has 0 saturated heterocycles. The third-order valence-corrected chi connectivity index (χ3v) is 2.20. The summed E-state index contributed by atoms with van der Waals surface area (Å²) in [5.41, 5.74) is 0.798. The summed E-state index contributed by atoms with van der Waals surface area (Å²) in [5, 5.41) is 18.7. The molecule has 1 aromatic rings. The third-order valence-electron chi connectivity index (χ3n) is 2.20. The van der Waals surface area contributed by atoms with Crippen LogP contribution in [0.15, 0.2) is 12.1 Å². The molecular weight excluding hydrogens is 184 g/mol. The van der Waals surface area contributed by atoms with Gasteiger partial charge in [-0.2, -0.15) is 0 Å². The Bertz CT molecular complexity index is 397. The Morgan fingerprint density at radius 3 is 2.86 bits per heavy atom. The number of esters is 1. The second kappa shape index (κ2) is 2.90. The van der Waals surface area contributed by atoms with Crippen molar-refractivity contribution in [3.63, 3.8) is 0 Å². The first-order valence-corrected chi connectivity index (χ1v) is 4.34. The van der Waals surface area contributed by atoms with Gasteiger partial charge in [0.1, 0.15) is 23.2 Å². The zero-order valence-corrected chi connectivity index (χ0v) is 7.65. The summed E-state index contributed by atoms with van der Waals surface area (Å²) in [7, 11) is 0. The molecule has 0 spiro atoms. The van der Waals surface area contributed by atoms with Crippen molar-refractivity contribution in [3.05, 3.63) is 23.3 Å². The van der Waals surface area contributed by atoms with Crippen LogP contribution in [-0.2, 0) is 11.2 Å². The highest BCUT2D eigenvalue weighted by Crippen LogP contribution is 2.32. The molecule has 0 amide bonds. The van der Waals surface area contributed by atoms with Crippen LogP contribution in [0.2, 0.25) is 0 Å². The Hall–Kier alpha value is -1.71. The van der Waals surface area contributed by atoms with Crippen LogP contribution in [0, 0.1) is 0 Å². The van der Waals surface area contributed by atoms with E-state index in [1.807, 2.05) is 0 Å². The maximum Gasteiger partial charge on any atom is 0.342 e. The van der Waals surface area contributed by atoms with Gasteiger partial charge in [-0.1, -0.05) is 0 Å². The van der Waals surface area contributed by atoms with Crippen LogP contribution in [0.25, 0.3) is 0 Å². The van der Waals surface area contributed by atoms with E-state index in [-0.39, 0.29) is 23.2 Å². The van der Waals surface area contributed by atoms with E-state index in [0.29, 0.717) is 12.0 Å². The Balaban J connectivity index is 2.59. The largest absolute Gasteiger partial charge is 0.508 e. The molecule has 1 aliphatic rings. The van der Waals surface area contributed by atoms with Gasteiger partial charge in [0.2, 0.25) is 0 Å². The summed E-state index contributed by atoms with van der Waals surface area (Å²) in [6.07, 6.45) is 0.305. The average molecular weight is 194 g/mol. The number of cyclic esters (lactones) is 1. The lowest BCUT2D eigenvalue weighted by Crippen LogP contribution is -2.25. The maximum absolute atomic E-state index is 11.4. The molecule has 1 atom stereocenters. The zero-order chi connectivity index (χ0) is 10.3. The first-order valence-electron chi connectivity index (χ1n) is 4.34. The predicted molar refractivity (Wildman–Crippen MR) is 48.4 cm³/mol. The molecule has 0 bridgehead atoms.